The van der Waals surface area contributed by atoms with Gasteiger partial charge in [0.25, 0.3) is 0 Å². The smallest absolute Gasteiger partial charge is 0.411 e. The molecule has 138 valence electrons. The molecule has 1 aliphatic heterocycles. The van der Waals surface area contributed by atoms with Gasteiger partial charge < -0.3 is 14.2 Å². The number of amides is 1. The molecule has 0 saturated carbocycles. The molecule has 1 aromatic carbocycles. The molecule has 2 atom stereocenters. The molecule has 2 rings (SSSR count). The molecule has 1 aromatic rings. The summed E-state index contributed by atoms with van der Waals surface area (Å²) in [7, 11) is 1.30. The molecule has 0 unspecified atom stereocenters. The summed E-state index contributed by atoms with van der Waals surface area (Å²) in [6, 6.07) is 6.63. The van der Waals surface area contributed by atoms with Crippen molar-refractivity contribution in [1.82, 2.24) is 4.90 Å². The first-order chi connectivity index (χ1) is 11.7. The predicted molar refractivity (Wildman–Crippen MR) is 93.4 cm³/mol. The first kappa shape index (κ1) is 19.5. The molecule has 1 heterocycles. The van der Waals surface area contributed by atoms with Crippen LogP contribution in [0.2, 0.25) is 5.02 Å². The highest BCUT2D eigenvalue weighted by Gasteiger charge is 2.42. The lowest BCUT2D eigenvalue weighted by molar-refractivity contribution is -0.145. The fourth-order valence-corrected chi connectivity index (χ4v) is 2.72. The fraction of sp³-hybridized carbons (Fsp3) is 0.556. The second kappa shape index (κ2) is 8.06. The van der Waals surface area contributed by atoms with Crippen LogP contribution in [0.3, 0.4) is 0 Å². The predicted octanol–water partition coefficient (Wildman–Crippen LogP) is 3.41. The van der Waals surface area contributed by atoms with E-state index in [0.29, 0.717) is 18.1 Å². The number of esters is 1. The van der Waals surface area contributed by atoms with Crippen LogP contribution in [-0.4, -0.2) is 48.4 Å². The molecular formula is C18H24ClNO5. The molecule has 0 aromatic heterocycles. The lowest BCUT2D eigenvalue weighted by Gasteiger charge is -2.27. The Morgan fingerprint density at radius 2 is 1.88 bits per heavy atom. The van der Waals surface area contributed by atoms with Crippen molar-refractivity contribution >= 4 is 23.7 Å². The average molecular weight is 370 g/mol. The Morgan fingerprint density at radius 3 is 2.44 bits per heavy atom. The van der Waals surface area contributed by atoms with Gasteiger partial charge in [-0.25, -0.2) is 9.59 Å². The van der Waals surface area contributed by atoms with Gasteiger partial charge in [-0.3, -0.25) is 4.90 Å². The van der Waals surface area contributed by atoms with Crippen molar-refractivity contribution in [2.75, 3.05) is 13.7 Å². The lowest BCUT2D eigenvalue weighted by Crippen LogP contribution is -2.44. The quantitative estimate of drug-likeness (QED) is 0.761. The van der Waals surface area contributed by atoms with Crippen LogP contribution in [-0.2, 0) is 25.6 Å². The molecular weight excluding hydrogens is 346 g/mol. The number of hydrogen-bond acceptors (Lipinski definition) is 5. The van der Waals surface area contributed by atoms with Gasteiger partial charge in [-0.15, -0.1) is 0 Å². The summed E-state index contributed by atoms with van der Waals surface area (Å²) < 4.78 is 16.1. The van der Waals surface area contributed by atoms with Crippen LogP contribution >= 0.6 is 11.6 Å². The van der Waals surface area contributed by atoms with Crippen LogP contribution < -0.4 is 0 Å². The van der Waals surface area contributed by atoms with E-state index in [-0.39, 0.29) is 12.6 Å². The molecule has 1 fully saturated rings. The van der Waals surface area contributed by atoms with E-state index in [1.165, 1.54) is 12.0 Å². The molecule has 6 nitrogen and oxygen atoms in total. The Kier molecular flexibility index (Phi) is 6.30. The molecule has 0 aliphatic carbocycles. The van der Waals surface area contributed by atoms with Gasteiger partial charge in [0.2, 0.25) is 0 Å². The van der Waals surface area contributed by atoms with Crippen LogP contribution in [0.4, 0.5) is 4.79 Å². The zero-order chi connectivity index (χ0) is 18.6. The molecule has 0 bridgehead atoms. The second-order valence-corrected chi connectivity index (χ2v) is 7.40. The van der Waals surface area contributed by atoms with Crippen molar-refractivity contribution < 1.29 is 23.8 Å². The molecule has 0 radical (unpaired) electrons. The van der Waals surface area contributed by atoms with Gasteiger partial charge in [0.05, 0.1) is 26.4 Å². The van der Waals surface area contributed by atoms with Crippen molar-refractivity contribution in [3.05, 3.63) is 34.9 Å². The molecule has 1 saturated heterocycles. The van der Waals surface area contributed by atoms with Gasteiger partial charge in [-0.1, -0.05) is 23.7 Å². The van der Waals surface area contributed by atoms with Crippen LogP contribution in [0.15, 0.2) is 24.3 Å². The van der Waals surface area contributed by atoms with E-state index in [9.17, 15) is 9.59 Å². The molecule has 0 spiro atoms. The molecule has 7 heteroatoms. The number of likely N-dealkylation sites (tertiary alicyclic amines) is 1. The Bertz CT molecular complexity index is 611. The Hall–Kier alpha value is -1.79. The van der Waals surface area contributed by atoms with Crippen molar-refractivity contribution in [3.63, 3.8) is 0 Å². The number of carbonyl (C=O) groups excluding carboxylic acids is 2. The minimum atomic E-state index is -0.699. The van der Waals surface area contributed by atoms with Gasteiger partial charge >= 0.3 is 12.1 Å². The minimum Gasteiger partial charge on any atom is -0.467 e. The van der Waals surface area contributed by atoms with Crippen LogP contribution in [0.5, 0.6) is 0 Å². The van der Waals surface area contributed by atoms with E-state index in [2.05, 4.69) is 0 Å². The van der Waals surface area contributed by atoms with E-state index in [4.69, 9.17) is 25.8 Å². The van der Waals surface area contributed by atoms with Crippen LogP contribution in [0.25, 0.3) is 0 Å². The zero-order valence-electron chi connectivity index (χ0n) is 15.0. The summed E-state index contributed by atoms with van der Waals surface area (Å²) in [5, 5.41) is 0.659. The number of nitrogens with zero attached hydrogens (tertiary/aromatic N) is 1. The average Bonchev–Trinajstić information content (AvgIpc) is 2.96. The van der Waals surface area contributed by atoms with E-state index in [0.717, 1.165) is 5.56 Å². The number of methoxy groups -OCH3 is 1. The largest absolute Gasteiger partial charge is 0.467 e. The van der Waals surface area contributed by atoms with Crippen LogP contribution in [0.1, 0.15) is 32.8 Å². The third-order valence-electron chi connectivity index (χ3n) is 3.76. The van der Waals surface area contributed by atoms with Gasteiger partial charge in [-0.05, 0) is 38.5 Å². The van der Waals surface area contributed by atoms with E-state index in [1.807, 2.05) is 12.1 Å². The number of benzene rings is 1. The third-order valence-corrected chi connectivity index (χ3v) is 4.01. The van der Waals surface area contributed by atoms with Crippen molar-refractivity contribution in [1.29, 1.82) is 0 Å². The maximum Gasteiger partial charge on any atom is 0.411 e. The minimum absolute atomic E-state index is 0.271. The zero-order valence-corrected chi connectivity index (χ0v) is 15.7. The highest BCUT2D eigenvalue weighted by atomic mass is 35.5. The first-order valence-corrected chi connectivity index (χ1v) is 8.51. The summed E-state index contributed by atoms with van der Waals surface area (Å²) in [5.74, 6) is -0.469. The topological polar surface area (TPSA) is 65.1 Å². The van der Waals surface area contributed by atoms with Crippen LogP contribution in [0, 0.1) is 0 Å². The summed E-state index contributed by atoms with van der Waals surface area (Å²) in [5.41, 5.74) is 0.328. The first-order valence-electron chi connectivity index (χ1n) is 8.13. The number of rotatable bonds is 4. The molecule has 1 aliphatic rings. The standard InChI is InChI=1S/C18H24ClNO5/c1-18(2,3)25-17(22)20-10-14(9-15(20)16(21)23-4)24-11-12-5-7-13(19)8-6-12/h5-8,14-15H,9-11H2,1-4H3/t14-,15+/m1/s1. The summed E-state index contributed by atoms with van der Waals surface area (Å²) in [4.78, 5) is 25.8. The number of halogens is 1. The monoisotopic (exact) mass is 369 g/mol. The third kappa shape index (κ3) is 5.61. The van der Waals surface area contributed by atoms with E-state index < -0.39 is 23.7 Å². The SMILES string of the molecule is COC(=O)[C@@H]1C[C@@H](OCc2ccc(Cl)cc2)CN1C(=O)OC(C)(C)C. The number of hydrogen-bond donors (Lipinski definition) is 0. The Balaban J connectivity index is 2.00. The van der Waals surface area contributed by atoms with Gasteiger partial charge in [0.15, 0.2) is 0 Å². The Morgan fingerprint density at radius 1 is 1.24 bits per heavy atom. The van der Waals surface area contributed by atoms with Crippen molar-refractivity contribution in [2.45, 2.75) is 51.5 Å². The molecule has 25 heavy (non-hydrogen) atoms. The van der Waals surface area contributed by atoms with E-state index in [1.54, 1.807) is 32.9 Å². The Labute approximate surface area is 153 Å². The molecule has 1 amide bonds. The van der Waals surface area contributed by atoms with Crippen molar-refractivity contribution in [3.8, 4) is 0 Å². The summed E-state index contributed by atoms with van der Waals surface area (Å²) in [6.07, 6.45) is -0.438. The van der Waals surface area contributed by atoms with Gasteiger partial charge in [0.1, 0.15) is 11.6 Å². The maximum atomic E-state index is 12.4. The van der Waals surface area contributed by atoms with Crippen molar-refractivity contribution in [2.24, 2.45) is 0 Å². The summed E-state index contributed by atoms with van der Waals surface area (Å²) in [6.45, 7) is 5.99. The lowest BCUT2D eigenvalue weighted by atomic mass is 10.2. The van der Waals surface area contributed by atoms with E-state index >= 15 is 0 Å². The fourth-order valence-electron chi connectivity index (χ4n) is 2.59. The summed E-state index contributed by atoms with van der Waals surface area (Å²) >= 11 is 5.87. The number of ether oxygens (including phenoxy) is 3. The molecule has 0 N–H and O–H groups in total. The van der Waals surface area contributed by atoms with Gasteiger partial charge in [-0.2, -0.15) is 0 Å². The maximum absolute atomic E-state index is 12.4. The second-order valence-electron chi connectivity index (χ2n) is 6.97. The van der Waals surface area contributed by atoms with Gasteiger partial charge in [0, 0.05) is 11.4 Å². The highest BCUT2D eigenvalue weighted by Crippen LogP contribution is 2.25. The number of carbonyl (C=O) groups is 2. The highest BCUT2D eigenvalue weighted by molar-refractivity contribution is 6.30. The normalized spacial score (nSPS) is 20.4.